The molecule has 8 heteroatoms. The molecule has 1 aromatic carbocycles. The maximum atomic E-state index is 13.9. The van der Waals surface area contributed by atoms with Crippen molar-refractivity contribution in [3.63, 3.8) is 0 Å². The van der Waals surface area contributed by atoms with Gasteiger partial charge in [0.25, 0.3) is 5.91 Å². The summed E-state index contributed by atoms with van der Waals surface area (Å²) in [6.45, 7) is 7.97. The molecule has 1 aromatic rings. The van der Waals surface area contributed by atoms with Gasteiger partial charge in [-0.15, -0.1) is 0 Å². The quantitative estimate of drug-likeness (QED) is 0.201. The number of rotatable bonds is 3. The highest BCUT2D eigenvalue weighted by molar-refractivity contribution is 6.43. The highest BCUT2D eigenvalue weighted by Gasteiger charge is 2.68. The molecule has 206 valence electrons. The number of aliphatic hydroxyl groups excluding tert-OH is 1. The third-order valence-electron chi connectivity index (χ3n) is 8.41. The van der Waals surface area contributed by atoms with Gasteiger partial charge in [0.05, 0.1) is 12.0 Å². The normalized spacial score (nSPS) is 34.1. The number of Topliss-reactive ketones (excluding diaryl/α,β-unsaturated/α-hetero) is 1. The Morgan fingerprint density at radius 2 is 1.87 bits per heavy atom. The van der Waals surface area contributed by atoms with Crippen LogP contribution in [0, 0.1) is 23.7 Å². The van der Waals surface area contributed by atoms with Crippen LogP contribution in [0.2, 0.25) is 0 Å². The summed E-state index contributed by atoms with van der Waals surface area (Å²) in [5, 5.41) is 14.4. The van der Waals surface area contributed by atoms with Gasteiger partial charge in [0.1, 0.15) is 5.57 Å². The molecule has 0 aromatic heterocycles. The Labute approximate surface area is 228 Å². The smallest absolute Gasteiger partial charge is 0.342 e. The van der Waals surface area contributed by atoms with Crippen molar-refractivity contribution < 1.29 is 33.8 Å². The molecule has 1 aliphatic carbocycles. The maximum absolute atomic E-state index is 13.9. The van der Waals surface area contributed by atoms with Gasteiger partial charge in [-0.3, -0.25) is 19.2 Å². The molecule has 0 radical (unpaired) electrons. The van der Waals surface area contributed by atoms with Crippen molar-refractivity contribution >= 4 is 29.7 Å². The van der Waals surface area contributed by atoms with Crippen molar-refractivity contribution in [3.8, 4) is 0 Å². The molecule has 4 rings (SSSR count). The Morgan fingerprint density at radius 3 is 2.56 bits per heavy atom. The Hall–Kier alpha value is -3.65. The van der Waals surface area contributed by atoms with Gasteiger partial charge in [-0.1, -0.05) is 62.9 Å². The third kappa shape index (κ3) is 5.43. The van der Waals surface area contributed by atoms with E-state index in [0.29, 0.717) is 37.3 Å². The van der Waals surface area contributed by atoms with E-state index in [1.807, 2.05) is 50.3 Å². The molecule has 1 saturated heterocycles. The molecule has 3 aliphatic rings. The zero-order valence-electron chi connectivity index (χ0n) is 22.3. The summed E-state index contributed by atoms with van der Waals surface area (Å²) in [7, 11) is 0. The first kappa shape index (κ1) is 28.4. The number of benzene rings is 1. The molecule has 39 heavy (non-hydrogen) atoms. The number of ketones is 2. The van der Waals surface area contributed by atoms with Crippen molar-refractivity contribution in [1.82, 2.24) is 5.32 Å². The van der Waals surface area contributed by atoms with Gasteiger partial charge >= 0.3 is 5.97 Å². The second kappa shape index (κ2) is 11.6. The van der Waals surface area contributed by atoms with Gasteiger partial charge in [0.2, 0.25) is 17.2 Å². The number of nitrogens with one attached hydrogen (secondary N) is 1. The van der Waals surface area contributed by atoms with Gasteiger partial charge in [0.15, 0.2) is 6.29 Å². The first-order valence-corrected chi connectivity index (χ1v) is 13.5. The van der Waals surface area contributed by atoms with Crippen LogP contribution in [-0.4, -0.2) is 52.6 Å². The molecule has 2 N–H and O–H groups in total. The SMILES string of the molecule is C=C1[C@@H](C)[C@H]2[C@H](Cc3ccccc3)NC(=O)[C@]23OC(=O)C(C=O)=CC(=O)C(=O)CCC[C@@H](C)CC=C[C@@H]3[C@@H]1O. The van der Waals surface area contributed by atoms with Crippen LogP contribution in [0.25, 0.3) is 0 Å². The highest BCUT2D eigenvalue weighted by Crippen LogP contribution is 2.52. The molecule has 1 amide bonds. The Morgan fingerprint density at radius 1 is 1.15 bits per heavy atom. The minimum atomic E-state index is -1.87. The topological polar surface area (TPSA) is 127 Å². The van der Waals surface area contributed by atoms with Gasteiger partial charge in [0, 0.05) is 24.5 Å². The molecule has 8 nitrogen and oxygen atoms in total. The summed E-state index contributed by atoms with van der Waals surface area (Å²) in [5.41, 5.74) is -1.04. The Bertz CT molecular complexity index is 1230. The first-order chi connectivity index (χ1) is 18.6. The van der Waals surface area contributed by atoms with Gasteiger partial charge in [-0.25, -0.2) is 4.79 Å². The van der Waals surface area contributed by atoms with E-state index in [1.165, 1.54) is 0 Å². The van der Waals surface area contributed by atoms with Crippen LogP contribution in [0.1, 0.15) is 45.1 Å². The summed E-state index contributed by atoms with van der Waals surface area (Å²) in [5.74, 6) is -5.32. The van der Waals surface area contributed by atoms with Crippen LogP contribution in [0.5, 0.6) is 0 Å². The minimum absolute atomic E-state index is 0.00116. The number of hydrogen-bond donors (Lipinski definition) is 2. The molecular weight excluding hydrogens is 498 g/mol. The summed E-state index contributed by atoms with van der Waals surface area (Å²) in [6, 6.07) is 9.09. The highest BCUT2D eigenvalue weighted by atomic mass is 16.6. The number of hydrogen-bond acceptors (Lipinski definition) is 7. The van der Waals surface area contributed by atoms with E-state index < -0.39 is 64.5 Å². The first-order valence-electron chi connectivity index (χ1n) is 13.5. The van der Waals surface area contributed by atoms with E-state index in [4.69, 9.17) is 4.74 Å². The zero-order valence-corrected chi connectivity index (χ0v) is 22.3. The van der Waals surface area contributed by atoms with Crippen LogP contribution in [0.4, 0.5) is 0 Å². The van der Waals surface area contributed by atoms with E-state index in [-0.39, 0.29) is 18.6 Å². The zero-order chi connectivity index (χ0) is 28.3. The predicted octanol–water partition coefficient (Wildman–Crippen LogP) is 2.84. The second-order valence-electron chi connectivity index (χ2n) is 11.0. The lowest BCUT2D eigenvalue weighted by molar-refractivity contribution is -0.183. The van der Waals surface area contributed by atoms with E-state index in [1.54, 1.807) is 6.08 Å². The summed E-state index contributed by atoms with van der Waals surface area (Å²) >= 11 is 0. The molecule has 7 atom stereocenters. The summed E-state index contributed by atoms with van der Waals surface area (Å²) in [6.07, 6.45) is 5.40. The van der Waals surface area contributed by atoms with Gasteiger partial charge in [-0.2, -0.15) is 0 Å². The molecule has 1 saturated carbocycles. The molecule has 0 bridgehead atoms. The lowest BCUT2D eigenvalue weighted by Crippen LogP contribution is -2.61. The standard InChI is InChI=1S/C31H35NO7/c1-18-9-7-13-23-28(36)20(3)19(2)27-24(15-21-11-5-4-6-12-21)32-30(38)31(23,27)39-29(37)22(17-33)16-26(35)25(34)14-8-10-18/h4-7,11-13,16-19,23-24,27-28,36H,3,8-10,14-15H2,1-2H3,(H,32,38)/t18-,19+,23+,24-,27-,28+,31+/m0/s1. The Kier molecular flexibility index (Phi) is 8.45. The van der Waals surface area contributed by atoms with Gasteiger partial charge in [-0.05, 0) is 48.7 Å². The van der Waals surface area contributed by atoms with Crippen LogP contribution < -0.4 is 5.32 Å². The lowest BCUT2D eigenvalue weighted by atomic mass is 9.59. The number of carbonyl (C=O) groups is 5. The van der Waals surface area contributed by atoms with Crippen LogP contribution >= 0.6 is 0 Å². The largest absolute Gasteiger partial charge is 0.444 e. The monoisotopic (exact) mass is 533 g/mol. The van der Waals surface area contributed by atoms with E-state index in [9.17, 15) is 29.1 Å². The average Bonchev–Trinajstić information content (AvgIpc) is 3.18. The molecule has 2 aliphatic heterocycles. The molecule has 2 fully saturated rings. The molecule has 2 heterocycles. The fraction of sp³-hybridized carbons (Fsp3) is 0.452. The van der Waals surface area contributed by atoms with Crippen molar-refractivity contribution in [2.24, 2.45) is 23.7 Å². The Balaban J connectivity index is 1.84. The molecule has 1 spiro atoms. The fourth-order valence-corrected chi connectivity index (χ4v) is 6.24. The average molecular weight is 534 g/mol. The van der Waals surface area contributed by atoms with Crippen LogP contribution in [0.3, 0.4) is 0 Å². The van der Waals surface area contributed by atoms with E-state index >= 15 is 0 Å². The maximum Gasteiger partial charge on any atom is 0.342 e. The van der Waals surface area contributed by atoms with Crippen molar-refractivity contribution in [2.45, 2.75) is 63.7 Å². The molecular formula is C31H35NO7. The lowest BCUT2D eigenvalue weighted by Gasteiger charge is -2.49. The summed E-state index contributed by atoms with van der Waals surface area (Å²) < 4.78 is 5.96. The number of allylic oxidation sites excluding steroid dienone is 2. The van der Waals surface area contributed by atoms with Crippen LogP contribution in [-0.2, 0) is 35.1 Å². The number of amides is 1. The number of aliphatic hydroxyl groups is 1. The third-order valence-corrected chi connectivity index (χ3v) is 8.41. The number of carbonyl (C=O) groups excluding carboxylic acids is 5. The van der Waals surface area contributed by atoms with Gasteiger partial charge < -0.3 is 15.2 Å². The van der Waals surface area contributed by atoms with Crippen molar-refractivity contribution in [1.29, 1.82) is 0 Å². The van der Waals surface area contributed by atoms with Crippen molar-refractivity contribution in [2.75, 3.05) is 0 Å². The van der Waals surface area contributed by atoms with E-state index in [2.05, 4.69) is 11.9 Å². The predicted molar refractivity (Wildman–Crippen MR) is 143 cm³/mol. The van der Waals surface area contributed by atoms with Crippen LogP contribution in [0.15, 0.2) is 66.3 Å². The minimum Gasteiger partial charge on any atom is -0.444 e. The van der Waals surface area contributed by atoms with E-state index in [0.717, 1.165) is 5.56 Å². The molecule has 0 unspecified atom stereocenters. The van der Waals surface area contributed by atoms with Crippen molar-refractivity contribution in [3.05, 3.63) is 71.8 Å². The number of aldehydes is 1. The fourth-order valence-electron chi connectivity index (χ4n) is 6.24. The second-order valence-corrected chi connectivity index (χ2v) is 11.0. The number of ether oxygens (including phenoxy) is 1. The number of esters is 1. The summed E-state index contributed by atoms with van der Waals surface area (Å²) in [4.78, 5) is 64.0.